The van der Waals surface area contributed by atoms with Crippen LogP contribution < -0.4 is 5.32 Å². The van der Waals surface area contributed by atoms with E-state index in [1.807, 2.05) is 11.9 Å². The van der Waals surface area contributed by atoms with Gasteiger partial charge in [0.15, 0.2) is 5.11 Å². The van der Waals surface area contributed by atoms with Crippen LogP contribution in [0.5, 0.6) is 0 Å². The number of nitrogens with one attached hydrogen (secondary N) is 1. The van der Waals surface area contributed by atoms with Crippen molar-refractivity contribution in [1.82, 2.24) is 9.62 Å². The average Bonchev–Trinajstić information content (AvgIpc) is 2.36. The second-order valence-electron chi connectivity index (χ2n) is 2.64. The Morgan fingerprint density at radius 1 is 1.82 bits per heavy atom. The third-order valence-corrected chi connectivity index (χ3v) is 3.30. The zero-order chi connectivity index (χ0) is 8.27. The van der Waals surface area contributed by atoms with Crippen molar-refractivity contribution in [3.8, 4) is 0 Å². The predicted molar refractivity (Wildman–Crippen MR) is 54.7 cm³/mol. The summed E-state index contributed by atoms with van der Waals surface area (Å²) in [7, 11) is 0. The van der Waals surface area contributed by atoms with Gasteiger partial charge in [0.2, 0.25) is 0 Å². The molecule has 0 aliphatic carbocycles. The Kier molecular flexibility index (Phi) is 3.45. The fourth-order valence-corrected chi connectivity index (χ4v) is 2.39. The average molecular weight is 190 g/mol. The fourth-order valence-electron chi connectivity index (χ4n) is 1.01. The second-order valence-corrected chi connectivity index (χ2v) is 4.49. The van der Waals surface area contributed by atoms with Gasteiger partial charge < -0.3 is 5.32 Å². The van der Waals surface area contributed by atoms with Crippen LogP contribution in [0.15, 0.2) is 0 Å². The number of thiocarbonyl (C=S) groups is 1. The summed E-state index contributed by atoms with van der Waals surface area (Å²) < 4.78 is 2.17. The SMILES string of the molecule is CCNC(=S)N1CCC(C)S1. The maximum atomic E-state index is 5.16. The van der Waals surface area contributed by atoms with E-state index in [0.717, 1.165) is 23.5 Å². The van der Waals surface area contributed by atoms with E-state index in [1.54, 1.807) is 0 Å². The van der Waals surface area contributed by atoms with E-state index in [4.69, 9.17) is 12.2 Å². The third kappa shape index (κ3) is 2.52. The maximum absolute atomic E-state index is 5.16. The molecule has 0 saturated carbocycles. The van der Waals surface area contributed by atoms with E-state index >= 15 is 0 Å². The van der Waals surface area contributed by atoms with Crippen LogP contribution in [-0.2, 0) is 0 Å². The molecule has 1 atom stereocenters. The lowest BCUT2D eigenvalue weighted by molar-refractivity contribution is 0.663. The highest BCUT2D eigenvalue weighted by molar-refractivity contribution is 7.99. The molecule has 1 N–H and O–H groups in total. The van der Waals surface area contributed by atoms with Gasteiger partial charge in [0.25, 0.3) is 0 Å². The number of rotatable bonds is 1. The van der Waals surface area contributed by atoms with Gasteiger partial charge in [-0.1, -0.05) is 6.92 Å². The molecule has 0 spiro atoms. The van der Waals surface area contributed by atoms with Crippen LogP contribution in [0, 0.1) is 0 Å². The minimum Gasteiger partial charge on any atom is -0.362 e. The molecule has 0 aromatic rings. The van der Waals surface area contributed by atoms with Gasteiger partial charge in [-0.15, -0.1) is 0 Å². The molecule has 1 heterocycles. The van der Waals surface area contributed by atoms with Gasteiger partial charge in [0.1, 0.15) is 0 Å². The lowest BCUT2D eigenvalue weighted by atomic mass is 10.3. The number of hydrogen-bond acceptors (Lipinski definition) is 2. The molecule has 0 radical (unpaired) electrons. The number of nitrogens with zero attached hydrogens (tertiary/aromatic N) is 1. The molecule has 1 saturated heterocycles. The smallest absolute Gasteiger partial charge is 0.179 e. The van der Waals surface area contributed by atoms with E-state index in [0.29, 0.717) is 0 Å². The Morgan fingerprint density at radius 2 is 2.55 bits per heavy atom. The minimum atomic E-state index is 0.728. The Bertz CT molecular complexity index is 149. The van der Waals surface area contributed by atoms with Gasteiger partial charge in [-0.25, -0.2) is 0 Å². The summed E-state index contributed by atoms with van der Waals surface area (Å²) >= 11 is 7.00. The molecule has 0 aromatic carbocycles. The van der Waals surface area contributed by atoms with Crippen molar-refractivity contribution in [1.29, 1.82) is 0 Å². The van der Waals surface area contributed by atoms with Crippen LogP contribution in [0.2, 0.25) is 0 Å². The summed E-state index contributed by atoms with van der Waals surface area (Å²) in [6.07, 6.45) is 1.25. The van der Waals surface area contributed by atoms with E-state index in [1.165, 1.54) is 6.42 Å². The molecule has 1 fully saturated rings. The van der Waals surface area contributed by atoms with Crippen LogP contribution in [0.1, 0.15) is 20.3 Å². The van der Waals surface area contributed by atoms with Crippen molar-refractivity contribution in [3.05, 3.63) is 0 Å². The van der Waals surface area contributed by atoms with Crippen molar-refractivity contribution >= 4 is 29.3 Å². The van der Waals surface area contributed by atoms with Gasteiger partial charge in [-0.3, -0.25) is 4.31 Å². The Labute approximate surface area is 77.9 Å². The van der Waals surface area contributed by atoms with E-state index < -0.39 is 0 Å². The van der Waals surface area contributed by atoms with Crippen LogP contribution >= 0.6 is 24.2 Å². The topological polar surface area (TPSA) is 15.3 Å². The summed E-state index contributed by atoms with van der Waals surface area (Å²) in [5, 5.41) is 4.76. The summed E-state index contributed by atoms with van der Waals surface area (Å²) in [6, 6.07) is 0. The standard InChI is InChI=1S/C7H14N2S2/c1-3-8-7(10)9-5-4-6(2)11-9/h6H,3-5H2,1-2H3,(H,8,10). The van der Waals surface area contributed by atoms with Crippen molar-refractivity contribution in [3.63, 3.8) is 0 Å². The van der Waals surface area contributed by atoms with Crippen LogP contribution in [0.3, 0.4) is 0 Å². The second kappa shape index (κ2) is 4.16. The first-order chi connectivity index (χ1) is 5.24. The summed E-state index contributed by atoms with van der Waals surface area (Å²) in [6.45, 7) is 6.32. The molecular weight excluding hydrogens is 176 g/mol. The molecule has 0 aromatic heterocycles. The lowest BCUT2D eigenvalue weighted by Gasteiger charge is -2.17. The van der Waals surface area contributed by atoms with E-state index in [-0.39, 0.29) is 0 Å². The first-order valence-corrected chi connectivity index (χ1v) is 5.20. The normalized spacial score (nSPS) is 23.8. The zero-order valence-electron chi connectivity index (χ0n) is 6.96. The quantitative estimate of drug-likeness (QED) is 0.499. The Hall–Kier alpha value is 0.0400. The summed E-state index contributed by atoms with van der Waals surface area (Å²) in [5.74, 6) is 0. The molecule has 1 aliphatic rings. The lowest BCUT2D eigenvalue weighted by Crippen LogP contribution is -2.33. The Balaban J connectivity index is 2.31. The molecule has 11 heavy (non-hydrogen) atoms. The van der Waals surface area contributed by atoms with E-state index in [9.17, 15) is 0 Å². The zero-order valence-corrected chi connectivity index (χ0v) is 8.60. The highest BCUT2D eigenvalue weighted by atomic mass is 32.2. The first-order valence-electron chi connectivity index (χ1n) is 3.96. The van der Waals surface area contributed by atoms with Gasteiger partial charge in [0, 0.05) is 18.3 Å². The highest BCUT2D eigenvalue weighted by Crippen LogP contribution is 2.27. The molecule has 64 valence electrons. The van der Waals surface area contributed by atoms with Gasteiger partial charge in [-0.2, -0.15) is 0 Å². The molecule has 0 amide bonds. The van der Waals surface area contributed by atoms with Crippen LogP contribution in [-0.4, -0.2) is 27.8 Å². The van der Waals surface area contributed by atoms with Crippen molar-refractivity contribution in [2.45, 2.75) is 25.5 Å². The van der Waals surface area contributed by atoms with Gasteiger partial charge >= 0.3 is 0 Å². The van der Waals surface area contributed by atoms with Crippen LogP contribution in [0.25, 0.3) is 0 Å². The molecule has 0 bridgehead atoms. The molecular formula is C7H14N2S2. The first kappa shape index (κ1) is 9.13. The van der Waals surface area contributed by atoms with Crippen molar-refractivity contribution in [2.75, 3.05) is 13.1 Å². The predicted octanol–water partition coefficient (Wildman–Crippen LogP) is 1.62. The summed E-state index contributed by atoms with van der Waals surface area (Å²) in [4.78, 5) is 0. The molecule has 4 heteroatoms. The summed E-state index contributed by atoms with van der Waals surface area (Å²) in [5.41, 5.74) is 0. The minimum absolute atomic E-state index is 0.728. The highest BCUT2D eigenvalue weighted by Gasteiger charge is 2.21. The van der Waals surface area contributed by atoms with Crippen molar-refractivity contribution < 1.29 is 0 Å². The van der Waals surface area contributed by atoms with Crippen LogP contribution in [0.4, 0.5) is 0 Å². The van der Waals surface area contributed by atoms with Gasteiger partial charge in [-0.05, 0) is 37.5 Å². The molecule has 1 rings (SSSR count). The van der Waals surface area contributed by atoms with Crippen molar-refractivity contribution in [2.24, 2.45) is 0 Å². The third-order valence-electron chi connectivity index (χ3n) is 1.60. The number of hydrogen-bond donors (Lipinski definition) is 1. The van der Waals surface area contributed by atoms with E-state index in [2.05, 4.69) is 23.5 Å². The largest absolute Gasteiger partial charge is 0.362 e. The monoisotopic (exact) mass is 190 g/mol. The van der Waals surface area contributed by atoms with Gasteiger partial charge in [0.05, 0.1) is 0 Å². The molecule has 2 nitrogen and oxygen atoms in total. The Morgan fingerprint density at radius 3 is 3.00 bits per heavy atom. The molecule has 1 unspecified atom stereocenters. The maximum Gasteiger partial charge on any atom is 0.179 e. The molecule has 1 aliphatic heterocycles. The fraction of sp³-hybridized carbons (Fsp3) is 0.857.